The van der Waals surface area contributed by atoms with Crippen molar-refractivity contribution in [2.24, 2.45) is 11.8 Å². The Bertz CT molecular complexity index is 140. The average molecular weight is 186 g/mol. The van der Waals surface area contributed by atoms with Crippen LogP contribution in [0.1, 0.15) is 39.5 Å². The molecular formula is C11H22O2. The maximum absolute atomic E-state index is 9.24. The standard InChI is InChI=1S/C11H22O2/c1-9(2)10-4-6-11(8-12,13-3)7-5-10/h9-10,12H,4-8H2,1-3H3. The first-order valence-corrected chi connectivity index (χ1v) is 5.29. The van der Waals surface area contributed by atoms with Crippen LogP contribution >= 0.6 is 0 Å². The van der Waals surface area contributed by atoms with Gasteiger partial charge in [0.25, 0.3) is 0 Å². The monoisotopic (exact) mass is 186 g/mol. The smallest absolute Gasteiger partial charge is 0.0908 e. The number of hydrogen-bond donors (Lipinski definition) is 1. The highest BCUT2D eigenvalue weighted by atomic mass is 16.5. The van der Waals surface area contributed by atoms with Gasteiger partial charge in [-0.1, -0.05) is 13.8 Å². The van der Waals surface area contributed by atoms with Gasteiger partial charge < -0.3 is 9.84 Å². The van der Waals surface area contributed by atoms with Crippen LogP contribution in [0.25, 0.3) is 0 Å². The van der Waals surface area contributed by atoms with Crippen molar-refractivity contribution in [1.82, 2.24) is 0 Å². The predicted molar refractivity (Wildman–Crippen MR) is 53.6 cm³/mol. The molecule has 1 saturated carbocycles. The van der Waals surface area contributed by atoms with Crippen LogP contribution in [0, 0.1) is 11.8 Å². The summed E-state index contributed by atoms with van der Waals surface area (Å²) in [6, 6.07) is 0. The van der Waals surface area contributed by atoms with Crippen molar-refractivity contribution in [1.29, 1.82) is 0 Å². The molecule has 1 aliphatic rings. The molecule has 0 aromatic carbocycles. The molecule has 2 nitrogen and oxygen atoms in total. The molecule has 0 radical (unpaired) electrons. The van der Waals surface area contributed by atoms with Crippen LogP contribution < -0.4 is 0 Å². The Hall–Kier alpha value is -0.0800. The normalized spacial score (nSPS) is 35.3. The van der Waals surface area contributed by atoms with Crippen molar-refractivity contribution in [2.45, 2.75) is 45.1 Å². The number of aliphatic hydroxyl groups is 1. The first kappa shape index (κ1) is 11.0. The molecule has 1 N–H and O–H groups in total. The molecule has 0 unspecified atom stereocenters. The zero-order valence-corrected chi connectivity index (χ0v) is 9.05. The maximum atomic E-state index is 9.24. The van der Waals surface area contributed by atoms with Gasteiger partial charge in [0.1, 0.15) is 0 Å². The summed E-state index contributed by atoms with van der Waals surface area (Å²) in [6.45, 7) is 4.74. The quantitative estimate of drug-likeness (QED) is 0.732. The number of hydrogen-bond acceptors (Lipinski definition) is 2. The van der Waals surface area contributed by atoms with E-state index in [4.69, 9.17) is 4.74 Å². The fourth-order valence-corrected chi connectivity index (χ4v) is 2.26. The van der Waals surface area contributed by atoms with Gasteiger partial charge >= 0.3 is 0 Å². The summed E-state index contributed by atoms with van der Waals surface area (Å²) in [5.41, 5.74) is -0.217. The SMILES string of the molecule is COC1(CO)CCC(C(C)C)CC1. The molecule has 1 fully saturated rings. The van der Waals surface area contributed by atoms with E-state index in [1.807, 2.05) is 0 Å². The fourth-order valence-electron chi connectivity index (χ4n) is 2.26. The third kappa shape index (κ3) is 2.44. The molecule has 78 valence electrons. The lowest BCUT2D eigenvalue weighted by Gasteiger charge is -2.39. The molecular weight excluding hydrogens is 164 g/mol. The summed E-state index contributed by atoms with van der Waals surface area (Å²) in [5.74, 6) is 1.60. The Labute approximate surface area is 81.3 Å². The van der Waals surface area contributed by atoms with Gasteiger partial charge in [0.05, 0.1) is 12.2 Å². The van der Waals surface area contributed by atoms with E-state index < -0.39 is 0 Å². The summed E-state index contributed by atoms with van der Waals surface area (Å²) in [6.07, 6.45) is 4.43. The Morgan fingerprint density at radius 3 is 2.23 bits per heavy atom. The lowest BCUT2D eigenvalue weighted by Crippen LogP contribution is -2.40. The molecule has 0 bridgehead atoms. The van der Waals surface area contributed by atoms with Gasteiger partial charge in [-0.3, -0.25) is 0 Å². The molecule has 2 heteroatoms. The first-order valence-electron chi connectivity index (χ1n) is 5.29. The second-order valence-corrected chi connectivity index (χ2v) is 4.63. The van der Waals surface area contributed by atoms with Crippen LogP contribution in [0.3, 0.4) is 0 Å². The van der Waals surface area contributed by atoms with E-state index in [0.29, 0.717) is 0 Å². The van der Waals surface area contributed by atoms with E-state index in [0.717, 1.165) is 24.7 Å². The summed E-state index contributed by atoms with van der Waals surface area (Å²) in [7, 11) is 1.71. The van der Waals surface area contributed by atoms with Crippen LogP contribution in [-0.2, 0) is 4.74 Å². The van der Waals surface area contributed by atoms with Gasteiger partial charge in [0.15, 0.2) is 0 Å². The zero-order chi connectivity index (χ0) is 9.90. The highest BCUT2D eigenvalue weighted by molar-refractivity contribution is 4.87. The summed E-state index contributed by atoms with van der Waals surface area (Å²) in [4.78, 5) is 0. The van der Waals surface area contributed by atoms with E-state index in [9.17, 15) is 5.11 Å². The molecule has 0 aliphatic heterocycles. The highest BCUT2D eigenvalue weighted by Gasteiger charge is 2.35. The highest BCUT2D eigenvalue weighted by Crippen LogP contribution is 2.37. The molecule has 13 heavy (non-hydrogen) atoms. The Morgan fingerprint density at radius 1 is 1.38 bits per heavy atom. The van der Waals surface area contributed by atoms with E-state index >= 15 is 0 Å². The van der Waals surface area contributed by atoms with E-state index in [1.165, 1.54) is 12.8 Å². The largest absolute Gasteiger partial charge is 0.393 e. The predicted octanol–water partition coefficient (Wildman–Crippen LogP) is 2.21. The van der Waals surface area contributed by atoms with Crippen molar-refractivity contribution in [3.8, 4) is 0 Å². The second kappa shape index (κ2) is 4.43. The molecule has 1 aliphatic carbocycles. The van der Waals surface area contributed by atoms with Crippen molar-refractivity contribution >= 4 is 0 Å². The van der Waals surface area contributed by atoms with Gasteiger partial charge in [0, 0.05) is 7.11 Å². The Balaban J connectivity index is 2.45. The van der Waals surface area contributed by atoms with Crippen LogP contribution in [0.5, 0.6) is 0 Å². The van der Waals surface area contributed by atoms with Crippen molar-refractivity contribution in [3.05, 3.63) is 0 Å². The third-order valence-corrected chi connectivity index (χ3v) is 3.61. The maximum Gasteiger partial charge on any atom is 0.0908 e. The third-order valence-electron chi connectivity index (χ3n) is 3.61. The van der Waals surface area contributed by atoms with Crippen LogP contribution in [0.15, 0.2) is 0 Å². The van der Waals surface area contributed by atoms with Gasteiger partial charge in [0.2, 0.25) is 0 Å². The fraction of sp³-hybridized carbons (Fsp3) is 1.00. The molecule has 0 heterocycles. The van der Waals surface area contributed by atoms with Crippen molar-refractivity contribution in [3.63, 3.8) is 0 Å². The zero-order valence-electron chi connectivity index (χ0n) is 9.05. The van der Waals surface area contributed by atoms with Gasteiger partial charge in [-0.05, 0) is 37.5 Å². The van der Waals surface area contributed by atoms with E-state index in [-0.39, 0.29) is 12.2 Å². The molecule has 0 aromatic heterocycles. The molecule has 0 spiro atoms. The molecule has 0 atom stereocenters. The minimum absolute atomic E-state index is 0.175. The first-order chi connectivity index (χ1) is 6.13. The van der Waals surface area contributed by atoms with Gasteiger partial charge in [-0.2, -0.15) is 0 Å². The van der Waals surface area contributed by atoms with Crippen LogP contribution in [-0.4, -0.2) is 24.4 Å². The lowest BCUT2D eigenvalue weighted by molar-refractivity contribution is -0.0862. The van der Waals surface area contributed by atoms with Gasteiger partial charge in [-0.15, -0.1) is 0 Å². The van der Waals surface area contributed by atoms with Gasteiger partial charge in [-0.25, -0.2) is 0 Å². The van der Waals surface area contributed by atoms with Crippen molar-refractivity contribution < 1.29 is 9.84 Å². The van der Waals surface area contributed by atoms with Crippen LogP contribution in [0.2, 0.25) is 0 Å². The number of aliphatic hydroxyl groups excluding tert-OH is 1. The minimum Gasteiger partial charge on any atom is -0.393 e. The number of methoxy groups -OCH3 is 1. The molecule has 0 saturated heterocycles. The summed E-state index contributed by atoms with van der Waals surface area (Å²) >= 11 is 0. The topological polar surface area (TPSA) is 29.5 Å². The Kier molecular flexibility index (Phi) is 3.74. The summed E-state index contributed by atoms with van der Waals surface area (Å²) < 4.78 is 5.41. The minimum atomic E-state index is -0.217. The molecule has 0 amide bonds. The summed E-state index contributed by atoms with van der Waals surface area (Å²) in [5, 5.41) is 9.24. The van der Waals surface area contributed by atoms with Crippen LogP contribution in [0.4, 0.5) is 0 Å². The average Bonchev–Trinajstić information content (AvgIpc) is 2.18. The number of ether oxygens (including phenoxy) is 1. The number of rotatable bonds is 3. The second-order valence-electron chi connectivity index (χ2n) is 4.63. The van der Waals surface area contributed by atoms with E-state index in [1.54, 1.807) is 7.11 Å². The van der Waals surface area contributed by atoms with E-state index in [2.05, 4.69) is 13.8 Å². The lowest BCUT2D eigenvalue weighted by atomic mass is 9.75. The Morgan fingerprint density at radius 2 is 1.92 bits per heavy atom. The molecule has 0 aromatic rings. The van der Waals surface area contributed by atoms with Crippen molar-refractivity contribution in [2.75, 3.05) is 13.7 Å². The molecule has 1 rings (SSSR count).